The Bertz CT molecular complexity index is 268. The van der Waals surface area contributed by atoms with Crippen molar-refractivity contribution in [1.29, 1.82) is 0 Å². The summed E-state index contributed by atoms with van der Waals surface area (Å²) in [6.07, 6.45) is 0. The Balaban J connectivity index is 2.66. The highest BCUT2D eigenvalue weighted by Gasteiger charge is 2.66. The van der Waals surface area contributed by atoms with Gasteiger partial charge in [0.2, 0.25) is 0 Å². The number of hydrogen-bond acceptors (Lipinski definition) is 4. The smallest absolute Gasteiger partial charge is 0.302 e. The molecule has 2 unspecified atom stereocenters. The predicted molar refractivity (Wildman–Crippen MR) is 59.8 cm³/mol. The molecule has 1 rings (SSSR count). The first-order valence-electron chi connectivity index (χ1n) is 5.53. The maximum Gasteiger partial charge on any atom is 0.302 e. The van der Waals surface area contributed by atoms with E-state index in [-0.39, 0.29) is 17.3 Å². The average molecular weight is 230 g/mol. The Morgan fingerprint density at radius 3 is 2.19 bits per heavy atom. The lowest BCUT2D eigenvalue weighted by Gasteiger charge is -2.28. The van der Waals surface area contributed by atoms with Gasteiger partial charge in [0.25, 0.3) is 0 Å². The molecule has 1 saturated carbocycles. The minimum atomic E-state index is -0.603. The molecule has 0 bridgehead atoms. The molecule has 0 saturated heterocycles. The molecule has 2 atom stereocenters. The summed E-state index contributed by atoms with van der Waals surface area (Å²) in [7, 11) is 3.28. The number of carbonyl (C=O) groups is 1. The van der Waals surface area contributed by atoms with Gasteiger partial charge in [0.1, 0.15) is 0 Å². The van der Waals surface area contributed by atoms with Gasteiger partial charge in [0.05, 0.1) is 6.61 Å². The monoisotopic (exact) mass is 230 g/mol. The molecule has 16 heavy (non-hydrogen) atoms. The van der Waals surface area contributed by atoms with E-state index in [1.54, 1.807) is 14.2 Å². The molecule has 0 heterocycles. The van der Waals surface area contributed by atoms with Crippen LogP contribution >= 0.6 is 0 Å². The fourth-order valence-corrected chi connectivity index (χ4v) is 2.64. The van der Waals surface area contributed by atoms with Gasteiger partial charge in [-0.05, 0) is 12.3 Å². The Labute approximate surface area is 97.2 Å². The normalized spacial score (nSPS) is 27.6. The van der Waals surface area contributed by atoms with E-state index in [9.17, 15) is 4.79 Å². The van der Waals surface area contributed by atoms with Crippen molar-refractivity contribution in [2.75, 3.05) is 20.8 Å². The molecule has 4 nitrogen and oxygen atoms in total. The fourth-order valence-electron chi connectivity index (χ4n) is 2.64. The number of hydrogen-bond donors (Lipinski definition) is 0. The van der Waals surface area contributed by atoms with Crippen LogP contribution in [-0.2, 0) is 19.0 Å². The molecule has 0 aliphatic heterocycles. The summed E-state index contributed by atoms with van der Waals surface area (Å²) >= 11 is 0. The zero-order valence-electron chi connectivity index (χ0n) is 11.0. The van der Waals surface area contributed by atoms with Gasteiger partial charge in [-0.3, -0.25) is 4.79 Å². The van der Waals surface area contributed by atoms with Gasteiger partial charge in [0, 0.05) is 33.0 Å². The summed E-state index contributed by atoms with van der Waals surface area (Å²) in [5, 5.41) is 0. The summed E-state index contributed by atoms with van der Waals surface area (Å²) in [5.74, 6) is -0.303. The van der Waals surface area contributed by atoms with Crippen molar-refractivity contribution in [3.63, 3.8) is 0 Å². The number of esters is 1. The van der Waals surface area contributed by atoms with Crippen LogP contribution in [0.4, 0.5) is 0 Å². The lowest BCUT2D eigenvalue weighted by molar-refractivity contribution is -0.215. The maximum atomic E-state index is 10.8. The summed E-state index contributed by atoms with van der Waals surface area (Å²) in [6, 6.07) is 0. The van der Waals surface area contributed by atoms with Crippen LogP contribution in [0.1, 0.15) is 27.7 Å². The van der Waals surface area contributed by atoms with E-state index in [1.807, 2.05) is 6.92 Å². The summed E-state index contributed by atoms with van der Waals surface area (Å²) in [5.41, 5.74) is 0.0796. The van der Waals surface area contributed by atoms with Gasteiger partial charge < -0.3 is 14.2 Å². The molecule has 0 aromatic heterocycles. The number of rotatable bonds is 5. The highest BCUT2D eigenvalue weighted by molar-refractivity contribution is 5.65. The van der Waals surface area contributed by atoms with E-state index < -0.39 is 5.79 Å². The van der Waals surface area contributed by atoms with Crippen LogP contribution < -0.4 is 0 Å². The average Bonchev–Trinajstić information content (AvgIpc) is 2.77. The highest BCUT2D eigenvalue weighted by Crippen LogP contribution is 2.63. The molecular weight excluding hydrogens is 208 g/mol. The third kappa shape index (κ3) is 2.23. The van der Waals surface area contributed by atoms with Gasteiger partial charge >= 0.3 is 5.97 Å². The SMILES string of the molecule is COC(C)(OC)C1C(COC(C)=O)C1(C)C. The van der Waals surface area contributed by atoms with Crippen LogP contribution in [0, 0.1) is 17.3 Å². The summed E-state index contributed by atoms with van der Waals surface area (Å²) in [4.78, 5) is 10.8. The molecule has 0 radical (unpaired) electrons. The topological polar surface area (TPSA) is 44.8 Å². The second-order valence-corrected chi connectivity index (χ2v) is 5.13. The molecule has 0 aromatic rings. The fraction of sp³-hybridized carbons (Fsp3) is 0.917. The van der Waals surface area contributed by atoms with Crippen LogP contribution in [0.15, 0.2) is 0 Å². The molecule has 1 aliphatic carbocycles. The van der Waals surface area contributed by atoms with Crippen molar-refractivity contribution in [1.82, 2.24) is 0 Å². The Morgan fingerprint density at radius 2 is 1.81 bits per heavy atom. The Kier molecular flexibility index (Phi) is 3.65. The van der Waals surface area contributed by atoms with Gasteiger partial charge in [-0.25, -0.2) is 0 Å². The molecule has 0 N–H and O–H groups in total. The Morgan fingerprint density at radius 1 is 1.31 bits per heavy atom. The quantitative estimate of drug-likeness (QED) is 0.534. The van der Waals surface area contributed by atoms with Gasteiger partial charge in [0.15, 0.2) is 5.79 Å². The van der Waals surface area contributed by atoms with Crippen LogP contribution in [0.2, 0.25) is 0 Å². The lowest BCUT2D eigenvalue weighted by Crippen LogP contribution is -2.34. The van der Waals surface area contributed by atoms with Gasteiger partial charge in [-0.1, -0.05) is 13.8 Å². The van der Waals surface area contributed by atoms with Crippen LogP contribution in [0.25, 0.3) is 0 Å². The number of carbonyl (C=O) groups excluding carboxylic acids is 1. The Hall–Kier alpha value is -0.610. The van der Waals surface area contributed by atoms with Crippen molar-refractivity contribution in [2.45, 2.75) is 33.5 Å². The minimum Gasteiger partial charge on any atom is -0.466 e. The van der Waals surface area contributed by atoms with Crippen molar-refractivity contribution in [3.05, 3.63) is 0 Å². The van der Waals surface area contributed by atoms with E-state index in [4.69, 9.17) is 14.2 Å². The molecule has 0 aromatic carbocycles. The molecule has 1 fully saturated rings. The second-order valence-electron chi connectivity index (χ2n) is 5.13. The number of methoxy groups -OCH3 is 2. The van der Waals surface area contributed by atoms with Crippen molar-refractivity contribution in [3.8, 4) is 0 Å². The van der Waals surface area contributed by atoms with Crippen molar-refractivity contribution < 1.29 is 19.0 Å². The van der Waals surface area contributed by atoms with Crippen LogP contribution in [0.3, 0.4) is 0 Å². The standard InChI is InChI=1S/C12H22O4/c1-8(13)16-7-9-10(11(9,2)3)12(4,14-5)15-6/h9-10H,7H2,1-6H3. The third-order valence-corrected chi connectivity index (χ3v) is 3.89. The third-order valence-electron chi connectivity index (χ3n) is 3.89. The highest BCUT2D eigenvalue weighted by atomic mass is 16.7. The van der Waals surface area contributed by atoms with E-state index >= 15 is 0 Å². The summed E-state index contributed by atoms with van der Waals surface area (Å²) < 4.78 is 15.9. The first-order chi connectivity index (χ1) is 7.29. The maximum absolute atomic E-state index is 10.8. The van der Waals surface area contributed by atoms with Crippen molar-refractivity contribution >= 4 is 5.97 Å². The molecule has 94 valence electrons. The van der Waals surface area contributed by atoms with E-state index in [0.717, 1.165) is 0 Å². The van der Waals surface area contributed by atoms with Gasteiger partial charge in [-0.2, -0.15) is 0 Å². The van der Waals surface area contributed by atoms with Gasteiger partial charge in [-0.15, -0.1) is 0 Å². The summed E-state index contributed by atoms with van der Waals surface area (Å²) in [6.45, 7) is 8.07. The zero-order chi connectivity index (χ0) is 12.6. The second kappa shape index (κ2) is 4.34. The largest absolute Gasteiger partial charge is 0.466 e. The zero-order valence-corrected chi connectivity index (χ0v) is 11.0. The van der Waals surface area contributed by atoms with Crippen LogP contribution in [0.5, 0.6) is 0 Å². The molecule has 0 spiro atoms. The predicted octanol–water partition coefficient (Wildman–Crippen LogP) is 1.83. The molecule has 0 amide bonds. The minimum absolute atomic E-state index is 0.0796. The van der Waals surface area contributed by atoms with E-state index in [2.05, 4.69) is 13.8 Å². The molecule has 1 aliphatic rings. The lowest BCUT2D eigenvalue weighted by atomic mass is 10.0. The number of ether oxygens (including phenoxy) is 3. The molecular formula is C12H22O4. The van der Waals surface area contributed by atoms with Crippen molar-refractivity contribution in [2.24, 2.45) is 17.3 Å². The molecule has 4 heteroatoms. The van der Waals surface area contributed by atoms with E-state index in [1.165, 1.54) is 6.92 Å². The van der Waals surface area contributed by atoms with E-state index in [0.29, 0.717) is 12.5 Å². The first-order valence-corrected chi connectivity index (χ1v) is 5.53. The first kappa shape index (κ1) is 13.5. The van der Waals surface area contributed by atoms with Crippen LogP contribution in [-0.4, -0.2) is 32.6 Å².